The molecule has 0 aliphatic heterocycles. The predicted octanol–water partition coefficient (Wildman–Crippen LogP) is 4.16. The predicted molar refractivity (Wildman–Crippen MR) is 84.2 cm³/mol. The molecular formula is C16H15BrF3NO3. The Balaban J connectivity index is 2.06. The Morgan fingerprint density at radius 1 is 1.33 bits per heavy atom. The number of rotatable bonds is 6. The fourth-order valence-corrected chi connectivity index (χ4v) is 2.50. The third-order valence-corrected chi connectivity index (χ3v) is 3.96. The molecule has 2 rings (SSSR count). The summed E-state index contributed by atoms with van der Waals surface area (Å²) in [6, 6.07) is 2.24. The third kappa shape index (κ3) is 4.59. The first-order valence-corrected chi connectivity index (χ1v) is 8.19. The van der Waals surface area contributed by atoms with Crippen LogP contribution in [0.5, 0.6) is 0 Å². The lowest BCUT2D eigenvalue weighted by molar-refractivity contribution is -0.137. The number of nitrogens with zero attached hydrogens (tertiary/aromatic N) is 1. The largest absolute Gasteiger partial charge is 0.493 e. The highest BCUT2D eigenvalue weighted by atomic mass is 79.9. The van der Waals surface area contributed by atoms with Gasteiger partial charge in [-0.05, 0) is 24.6 Å². The number of methoxy groups -OCH3 is 1. The molecule has 0 aromatic carbocycles. The van der Waals surface area contributed by atoms with E-state index in [2.05, 4.69) is 20.9 Å². The van der Waals surface area contributed by atoms with Crippen LogP contribution in [0.15, 0.2) is 41.5 Å². The van der Waals surface area contributed by atoms with Gasteiger partial charge in [-0.15, -0.1) is 0 Å². The summed E-state index contributed by atoms with van der Waals surface area (Å²) in [5.41, 5.74) is 0.211. The van der Waals surface area contributed by atoms with E-state index < -0.39 is 11.7 Å². The molecule has 1 heterocycles. The van der Waals surface area contributed by atoms with Crippen molar-refractivity contribution in [1.29, 1.82) is 0 Å². The zero-order chi connectivity index (χ0) is 17.7. The number of alkyl halides is 4. The second-order valence-electron chi connectivity index (χ2n) is 5.04. The van der Waals surface area contributed by atoms with Crippen molar-refractivity contribution in [3.63, 3.8) is 0 Å². The molecule has 130 valence electrons. The quantitative estimate of drug-likeness (QED) is 0.666. The zero-order valence-corrected chi connectivity index (χ0v) is 14.4. The molecule has 0 spiro atoms. The van der Waals surface area contributed by atoms with Crippen molar-refractivity contribution >= 4 is 21.7 Å². The summed E-state index contributed by atoms with van der Waals surface area (Å²) in [5.74, 6) is 0.968. The molecule has 24 heavy (non-hydrogen) atoms. The molecule has 1 aliphatic rings. The molecule has 0 saturated heterocycles. The number of Topliss-reactive ketones (excluding diaryl/α,β-unsaturated/α-hetero) is 1. The number of ether oxygens (including phenoxy) is 2. The minimum atomic E-state index is -4.41. The Hall–Kier alpha value is -1.83. The summed E-state index contributed by atoms with van der Waals surface area (Å²) in [4.78, 5) is 15.4. The topological polar surface area (TPSA) is 48.4 Å². The van der Waals surface area contributed by atoms with E-state index in [0.29, 0.717) is 35.6 Å². The summed E-state index contributed by atoms with van der Waals surface area (Å²) in [5, 5.41) is 0.238. The van der Waals surface area contributed by atoms with Crippen LogP contribution in [-0.4, -0.2) is 23.2 Å². The van der Waals surface area contributed by atoms with Crippen LogP contribution in [-0.2, 0) is 27.1 Å². The normalized spacial score (nSPS) is 15.1. The highest BCUT2D eigenvalue weighted by molar-refractivity contribution is 9.09. The van der Waals surface area contributed by atoms with Gasteiger partial charge < -0.3 is 9.47 Å². The molecule has 4 nitrogen and oxygen atoms in total. The Morgan fingerprint density at radius 3 is 2.62 bits per heavy atom. The van der Waals surface area contributed by atoms with Crippen molar-refractivity contribution in [1.82, 2.24) is 4.98 Å². The van der Waals surface area contributed by atoms with Crippen molar-refractivity contribution in [3.8, 4) is 0 Å². The summed E-state index contributed by atoms with van der Waals surface area (Å²) in [6.45, 7) is 0.0237. The third-order valence-electron chi connectivity index (χ3n) is 3.45. The zero-order valence-electron chi connectivity index (χ0n) is 12.8. The molecule has 0 amide bonds. The lowest BCUT2D eigenvalue weighted by Gasteiger charge is -2.19. The van der Waals surface area contributed by atoms with Crippen LogP contribution in [0, 0.1) is 0 Å². The van der Waals surface area contributed by atoms with E-state index in [4.69, 9.17) is 9.47 Å². The Morgan fingerprint density at radius 2 is 2.08 bits per heavy atom. The van der Waals surface area contributed by atoms with Crippen molar-refractivity contribution in [2.45, 2.75) is 25.6 Å². The minimum absolute atomic E-state index is 0.0204. The first-order chi connectivity index (χ1) is 11.3. The van der Waals surface area contributed by atoms with Crippen LogP contribution in [0.3, 0.4) is 0 Å². The van der Waals surface area contributed by atoms with Crippen LogP contribution in [0.2, 0.25) is 0 Å². The van der Waals surface area contributed by atoms with E-state index >= 15 is 0 Å². The monoisotopic (exact) mass is 405 g/mol. The Bertz CT molecular complexity index is 666. The van der Waals surface area contributed by atoms with Gasteiger partial charge in [-0.2, -0.15) is 13.2 Å². The fraction of sp³-hybridized carbons (Fsp3) is 0.375. The van der Waals surface area contributed by atoms with E-state index in [0.717, 1.165) is 12.3 Å². The number of carbonyl (C=O) groups is 1. The smallest absolute Gasteiger partial charge is 0.417 e. The van der Waals surface area contributed by atoms with E-state index in [9.17, 15) is 18.0 Å². The molecule has 1 aliphatic carbocycles. The van der Waals surface area contributed by atoms with Gasteiger partial charge in [-0.25, -0.2) is 0 Å². The van der Waals surface area contributed by atoms with Gasteiger partial charge in [0, 0.05) is 18.2 Å². The molecule has 0 radical (unpaired) electrons. The summed E-state index contributed by atoms with van der Waals surface area (Å²) >= 11 is 3.12. The second-order valence-corrected chi connectivity index (χ2v) is 5.60. The van der Waals surface area contributed by atoms with Crippen LogP contribution in [0.25, 0.3) is 0 Å². The number of aromatic nitrogens is 1. The average Bonchev–Trinajstić information content (AvgIpc) is 2.58. The number of halogens is 4. The van der Waals surface area contributed by atoms with Crippen LogP contribution in [0.1, 0.15) is 24.1 Å². The van der Waals surface area contributed by atoms with Gasteiger partial charge in [-0.1, -0.05) is 15.9 Å². The van der Waals surface area contributed by atoms with Crippen LogP contribution < -0.4 is 0 Å². The summed E-state index contributed by atoms with van der Waals surface area (Å²) in [6.07, 6.45) is -1.01. The highest BCUT2D eigenvalue weighted by Gasteiger charge is 2.30. The second kappa shape index (κ2) is 7.83. The average molecular weight is 406 g/mol. The van der Waals surface area contributed by atoms with Gasteiger partial charge in [0.2, 0.25) is 0 Å². The highest BCUT2D eigenvalue weighted by Crippen LogP contribution is 2.29. The standard InChI is InChI=1S/C16H15BrF3NO3/c1-23-15-6-10(13(22)7-17)2-5-14(15)24-9-12-4-3-11(8-21-12)16(18,19)20/h3-4,6,8H,2,5,7,9H2,1H3. The number of hydrogen-bond donors (Lipinski definition) is 0. The van der Waals surface area contributed by atoms with Gasteiger partial charge in [-0.3, -0.25) is 9.78 Å². The number of carbonyl (C=O) groups excluding carboxylic acids is 1. The van der Waals surface area contributed by atoms with Crippen LogP contribution in [0.4, 0.5) is 13.2 Å². The van der Waals surface area contributed by atoms with Crippen molar-refractivity contribution in [3.05, 3.63) is 52.8 Å². The molecule has 8 heteroatoms. The number of allylic oxidation sites excluding steroid dienone is 3. The van der Waals surface area contributed by atoms with E-state index in [-0.39, 0.29) is 17.7 Å². The Kier molecular flexibility index (Phi) is 6.04. The Labute approximate surface area is 145 Å². The van der Waals surface area contributed by atoms with Gasteiger partial charge in [0.25, 0.3) is 0 Å². The maximum atomic E-state index is 12.5. The summed E-state index contributed by atoms with van der Waals surface area (Å²) in [7, 11) is 1.47. The molecule has 0 bridgehead atoms. The SMILES string of the molecule is COC1=C(OCc2ccc(C(F)(F)F)cn2)CCC(C(=O)CBr)=C1. The molecular weight excluding hydrogens is 391 g/mol. The van der Waals surface area contributed by atoms with E-state index in [1.165, 1.54) is 13.2 Å². The van der Waals surface area contributed by atoms with Crippen molar-refractivity contribution in [2.75, 3.05) is 12.4 Å². The number of hydrogen-bond acceptors (Lipinski definition) is 4. The molecule has 0 unspecified atom stereocenters. The summed E-state index contributed by atoms with van der Waals surface area (Å²) < 4.78 is 48.3. The lowest BCUT2D eigenvalue weighted by atomic mass is 9.99. The fourth-order valence-electron chi connectivity index (χ4n) is 2.14. The van der Waals surface area contributed by atoms with Gasteiger partial charge >= 0.3 is 6.18 Å². The molecule has 0 saturated carbocycles. The van der Waals surface area contributed by atoms with E-state index in [1.54, 1.807) is 6.08 Å². The molecule has 0 fully saturated rings. The van der Waals surface area contributed by atoms with Crippen molar-refractivity contribution < 1.29 is 27.4 Å². The van der Waals surface area contributed by atoms with Gasteiger partial charge in [0.15, 0.2) is 11.5 Å². The molecule has 1 aromatic heterocycles. The van der Waals surface area contributed by atoms with Crippen molar-refractivity contribution in [2.24, 2.45) is 0 Å². The van der Waals surface area contributed by atoms with E-state index in [1.807, 2.05) is 0 Å². The molecule has 0 atom stereocenters. The minimum Gasteiger partial charge on any atom is -0.493 e. The first kappa shape index (κ1) is 18.5. The lowest BCUT2D eigenvalue weighted by Crippen LogP contribution is -2.12. The maximum Gasteiger partial charge on any atom is 0.417 e. The van der Waals surface area contributed by atoms with Crippen LogP contribution >= 0.6 is 15.9 Å². The number of ketones is 1. The number of pyridine rings is 1. The van der Waals surface area contributed by atoms with Gasteiger partial charge in [0.1, 0.15) is 12.4 Å². The molecule has 1 aromatic rings. The molecule has 0 N–H and O–H groups in total. The van der Waals surface area contributed by atoms with Gasteiger partial charge in [0.05, 0.1) is 23.7 Å². The first-order valence-electron chi connectivity index (χ1n) is 7.07. The maximum absolute atomic E-state index is 12.5.